The zero-order chi connectivity index (χ0) is 13.4. The number of rotatable bonds is 4. The van der Waals surface area contributed by atoms with Crippen LogP contribution in [-0.4, -0.2) is 44.5 Å². The number of nitrogens with one attached hydrogen (secondary N) is 1. The maximum atomic E-state index is 12.2. The Morgan fingerprint density at radius 2 is 1.78 bits per heavy atom. The fourth-order valence-corrected chi connectivity index (χ4v) is 7.01. The van der Waals surface area contributed by atoms with Gasteiger partial charge in [0.15, 0.2) is 0 Å². The summed E-state index contributed by atoms with van der Waals surface area (Å²) in [5.74, 6) is -0.0280. The molecule has 1 aliphatic heterocycles. The Balaban J connectivity index is 2.04. The van der Waals surface area contributed by atoms with Crippen LogP contribution in [0.2, 0.25) is 0 Å². The Bertz CT molecular complexity index is 490. The summed E-state index contributed by atoms with van der Waals surface area (Å²) in [6, 6.07) is 0. The lowest BCUT2D eigenvalue weighted by Crippen LogP contribution is -2.57. The van der Waals surface area contributed by atoms with Crippen LogP contribution in [0, 0.1) is 0 Å². The molecule has 0 amide bonds. The second-order valence-electron chi connectivity index (χ2n) is 5.27. The van der Waals surface area contributed by atoms with Crippen LogP contribution in [0.25, 0.3) is 0 Å². The minimum absolute atomic E-state index is 0.0140. The Morgan fingerprint density at radius 3 is 2.17 bits per heavy atom. The van der Waals surface area contributed by atoms with Gasteiger partial charge in [0.05, 0.1) is 16.8 Å². The fourth-order valence-electron chi connectivity index (χ4n) is 2.43. The molecular weight excluding hydrogens is 342 g/mol. The molecule has 5 nitrogen and oxygen atoms in total. The maximum absolute atomic E-state index is 12.2. The summed E-state index contributed by atoms with van der Waals surface area (Å²) in [5.41, 5.74) is -0.338. The number of hydrogen-bond acceptors (Lipinski definition) is 4. The lowest BCUT2D eigenvalue weighted by molar-refractivity contribution is 0.255. The third-order valence-corrected chi connectivity index (χ3v) is 8.72. The first-order valence-corrected chi connectivity index (χ1v) is 10.6. The Morgan fingerprint density at radius 1 is 1.22 bits per heavy atom. The van der Waals surface area contributed by atoms with Crippen molar-refractivity contribution in [3.8, 4) is 0 Å². The number of sulfone groups is 1. The van der Waals surface area contributed by atoms with Crippen LogP contribution in [0.15, 0.2) is 0 Å². The van der Waals surface area contributed by atoms with Gasteiger partial charge in [-0.3, -0.25) is 0 Å². The van der Waals surface area contributed by atoms with Gasteiger partial charge < -0.3 is 0 Å². The van der Waals surface area contributed by atoms with Crippen LogP contribution in [0.3, 0.4) is 0 Å². The molecule has 2 rings (SSSR count). The molecular formula is C10H18BrNO4S2. The summed E-state index contributed by atoms with van der Waals surface area (Å²) in [4.78, 5) is 0. The van der Waals surface area contributed by atoms with Crippen molar-refractivity contribution in [3.05, 3.63) is 0 Å². The first kappa shape index (κ1) is 14.7. The normalized spacial score (nSPS) is 27.6. The first-order valence-electron chi connectivity index (χ1n) is 6.08. The molecule has 0 atom stereocenters. The predicted molar refractivity (Wildman–Crippen MR) is 74.1 cm³/mol. The largest absolute Gasteiger partial charge is 0.229 e. The summed E-state index contributed by atoms with van der Waals surface area (Å²) in [6.45, 7) is 0. The zero-order valence-electron chi connectivity index (χ0n) is 10.1. The number of alkyl halides is 1. The summed E-state index contributed by atoms with van der Waals surface area (Å²) >= 11 is 3.36. The summed E-state index contributed by atoms with van der Waals surface area (Å²) in [6.07, 6.45) is 3.17. The second-order valence-corrected chi connectivity index (χ2v) is 10.1. The van der Waals surface area contributed by atoms with Crippen LogP contribution in [0.1, 0.15) is 32.1 Å². The van der Waals surface area contributed by atoms with Gasteiger partial charge in [-0.15, -0.1) is 0 Å². The molecule has 0 bridgehead atoms. The lowest BCUT2D eigenvalue weighted by atomic mass is 9.80. The second kappa shape index (κ2) is 5.03. The van der Waals surface area contributed by atoms with Gasteiger partial charge >= 0.3 is 0 Å². The molecule has 1 aliphatic carbocycles. The predicted octanol–water partition coefficient (Wildman–Crippen LogP) is 0.801. The number of halogens is 1. The van der Waals surface area contributed by atoms with Crippen molar-refractivity contribution in [1.82, 2.24) is 4.72 Å². The van der Waals surface area contributed by atoms with E-state index in [2.05, 4.69) is 20.7 Å². The molecule has 0 aromatic rings. The van der Waals surface area contributed by atoms with Gasteiger partial charge in [-0.05, 0) is 32.1 Å². The maximum Gasteiger partial charge on any atom is 0.215 e. The monoisotopic (exact) mass is 359 g/mol. The molecule has 1 saturated carbocycles. The molecule has 1 N–H and O–H groups in total. The average Bonchev–Trinajstić information content (AvgIpc) is 2.23. The van der Waals surface area contributed by atoms with E-state index in [4.69, 9.17) is 0 Å². The van der Waals surface area contributed by atoms with E-state index in [9.17, 15) is 16.8 Å². The fraction of sp³-hybridized carbons (Fsp3) is 1.00. The Kier molecular flexibility index (Phi) is 4.12. The van der Waals surface area contributed by atoms with E-state index in [1.54, 1.807) is 0 Å². The molecule has 2 aliphatic rings. The van der Waals surface area contributed by atoms with Gasteiger partial charge in [0.2, 0.25) is 10.0 Å². The van der Waals surface area contributed by atoms with Crippen molar-refractivity contribution in [1.29, 1.82) is 0 Å². The van der Waals surface area contributed by atoms with Crippen molar-refractivity contribution in [3.63, 3.8) is 0 Å². The Labute approximate surface area is 117 Å². The first-order chi connectivity index (χ1) is 8.29. The van der Waals surface area contributed by atoms with Crippen LogP contribution >= 0.6 is 15.9 Å². The van der Waals surface area contributed by atoms with E-state index >= 15 is 0 Å². The topological polar surface area (TPSA) is 80.3 Å². The smallest absolute Gasteiger partial charge is 0.215 e. The molecule has 0 unspecified atom stereocenters. The molecule has 1 heterocycles. The molecule has 106 valence electrons. The van der Waals surface area contributed by atoms with Gasteiger partial charge in [-0.1, -0.05) is 15.9 Å². The van der Waals surface area contributed by atoms with E-state index in [1.165, 1.54) is 0 Å². The van der Waals surface area contributed by atoms with Crippen molar-refractivity contribution >= 4 is 35.8 Å². The quantitative estimate of drug-likeness (QED) is 0.752. The number of sulfonamides is 1. The van der Waals surface area contributed by atoms with Crippen molar-refractivity contribution in [2.24, 2.45) is 0 Å². The summed E-state index contributed by atoms with van der Waals surface area (Å²) in [5, 5.41) is 0.0575. The van der Waals surface area contributed by atoms with E-state index in [1.807, 2.05) is 0 Å². The third kappa shape index (κ3) is 3.08. The summed E-state index contributed by atoms with van der Waals surface area (Å²) < 4.78 is 49.9. The number of hydrogen-bond donors (Lipinski definition) is 1. The van der Waals surface area contributed by atoms with Crippen LogP contribution in [0.5, 0.6) is 0 Å². The molecule has 0 aromatic heterocycles. The molecule has 0 aromatic carbocycles. The molecule has 1 saturated heterocycles. The SMILES string of the molecule is O=S1(=O)CCC(S(=O)(=O)NC2(CBr)CCC2)CC1. The minimum Gasteiger partial charge on any atom is -0.229 e. The van der Waals surface area contributed by atoms with E-state index in [0.29, 0.717) is 5.33 Å². The Hall–Kier alpha value is 0.340. The highest BCUT2D eigenvalue weighted by Crippen LogP contribution is 2.35. The zero-order valence-corrected chi connectivity index (χ0v) is 13.3. The van der Waals surface area contributed by atoms with E-state index in [-0.39, 0.29) is 29.9 Å². The van der Waals surface area contributed by atoms with Crippen LogP contribution in [0.4, 0.5) is 0 Å². The third-order valence-electron chi connectivity index (χ3n) is 3.87. The minimum atomic E-state index is -3.41. The van der Waals surface area contributed by atoms with Gasteiger partial charge in [0, 0.05) is 10.9 Å². The highest BCUT2D eigenvalue weighted by atomic mass is 79.9. The van der Waals surface area contributed by atoms with Crippen molar-refractivity contribution in [2.75, 3.05) is 16.8 Å². The molecule has 18 heavy (non-hydrogen) atoms. The van der Waals surface area contributed by atoms with Crippen LogP contribution < -0.4 is 4.72 Å². The lowest BCUT2D eigenvalue weighted by Gasteiger charge is -2.42. The van der Waals surface area contributed by atoms with E-state index in [0.717, 1.165) is 19.3 Å². The van der Waals surface area contributed by atoms with Gasteiger partial charge in [0.1, 0.15) is 9.84 Å². The van der Waals surface area contributed by atoms with Gasteiger partial charge in [-0.2, -0.15) is 0 Å². The average molecular weight is 360 g/mol. The van der Waals surface area contributed by atoms with Gasteiger partial charge in [0.25, 0.3) is 0 Å². The summed E-state index contributed by atoms with van der Waals surface area (Å²) in [7, 11) is -6.43. The van der Waals surface area contributed by atoms with Crippen molar-refractivity contribution < 1.29 is 16.8 Å². The van der Waals surface area contributed by atoms with Gasteiger partial charge in [-0.25, -0.2) is 21.6 Å². The molecule has 2 fully saturated rings. The molecule has 8 heteroatoms. The standard InChI is InChI=1S/C10H18BrNO4S2/c11-8-10(4-1-5-10)12-18(15,16)9-2-6-17(13,14)7-3-9/h9,12H,1-8H2. The van der Waals surface area contributed by atoms with Crippen LogP contribution in [-0.2, 0) is 19.9 Å². The molecule has 0 radical (unpaired) electrons. The molecule has 0 spiro atoms. The van der Waals surface area contributed by atoms with E-state index < -0.39 is 25.1 Å². The van der Waals surface area contributed by atoms with Crippen molar-refractivity contribution in [2.45, 2.75) is 42.9 Å². The highest BCUT2D eigenvalue weighted by molar-refractivity contribution is 9.09. The highest BCUT2D eigenvalue weighted by Gasteiger charge is 2.42.